The third kappa shape index (κ3) is 1.95. The zero-order chi connectivity index (χ0) is 10.7. The van der Waals surface area contributed by atoms with Crippen LogP contribution in [0.2, 0.25) is 0 Å². The van der Waals surface area contributed by atoms with Crippen LogP contribution in [0.15, 0.2) is 16.7 Å². The standard InChI is InChI=1S/C8H8BrNO4/c1-5(14-4-11)10-3-2-6(9)7(10)8(12)13/h2-5H,1H3,(H,12,13). The van der Waals surface area contributed by atoms with Gasteiger partial charge in [-0.25, -0.2) is 4.79 Å². The number of hydrogen-bond donors (Lipinski definition) is 1. The van der Waals surface area contributed by atoms with Crippen LogP contribution in [0.5, 0.6) is 0 Å². The smallest absolute Gasteiger partial charge is 0.353 e. The van der Waals surface area contributed by atoms with Crippen LogP contribution in [0.25, 0.3) is 0 Å². The van der Waals surface area contributed by atoms with E-state index in [9.17, 15) is 9.59 Å². The van der Waals surface area contributed by atoms with Crippen molar-refractivity contribution >= 4 is 28.4 Å². The van der Waals surface area contributed by atoms with Gasteiger partial charge in [-0.2, -0.15) is 0 Å². The van der Waals surface area contributed by atoms with Crippen molar-refractivity contribution in [3.05, 3.63) is 22.4 Å². The van der Waals surface area contributed by atoms with Gasteiger partial charge in [0.15, 0.2) is 6.23 Å². The van der Waals surface area contributed by atoms with E-state index >= 15 is 0 Å². The highest BCUT2D eigenvalue weighted by Crippen LogP contribution is 2.22. The fraction of sp³-hybridized carbons (Fsp3) is 0.250. The minimum absolute atomic E-state index is 0.0550. The summed E-state index contributed by atoms with van der Waals surface area (Å²) in [5.74, 6) is -1.08. The number of rotatable bonds is 4. The molecule has 0 saturated carbocycles. The first-order valence-electron chi connectivity index (χ1n) is 3.76. The number of carbonyl (C=O) groups is 2. The maximum Gasteiger partial charge on any atom is 0.353 e. The predicted molar refractivity (Wildman–Crippen MR) is 51.0 cm³/mol. The topological polar surface area (TPSA) is 68.5 Å². The van der Waals surface area contributed by atoms with Gasteiger partial charge in [0.2, 0.25) is 0 Å². The number of carboxylic acid groups (broad SMARTS) is 1. The molecular weight excluding hydrogens is 254 g/mol. The van der Waals surface area contributed by atoms with Crippen LogP contribution in [-0.4, -0.2) is 22.1 Å². The lowest BCUT2D eigenvalue weighted by atomic mass is 10.4. The van der Waals surface area contributed by atoms with Crippen molar-refractivity contribution in [2.24, 2.45) is 0 Å². The molecule has 14 heavy (non-hydrogen) atoms. The zero-order valence-corrected chi connectivity index (χ0v) is 8.89. The number of halogens is 1. The van der Waals surface area contributed by atoms with Gasteiger partial charge in [0.25, 0.3) is 6.47 Å². The van der Waals surface area contributed by atoms with Crippen LogP contribution < -0.4 is 0 Å². The van der Waals surface area contributed by atoms with Gasteiger partial charge in [-0.3, -0.25) is 4.79 Å². The van der Waals surface area contributed by atoms with Crippen LogP contribution in [0.3, 0.4) is 0 Å². The predicted octanol–water partition coefficient (Wildman–Crippen LogP) is 1.64. The Kier molecular flexibility index (Phi) is 3.29. The van der Waals surface area contributed by atoms with Gasteiger partial charge in [-0.05, 0) is 28.9 Å². The Morgan fingerprint density at radius 3 is 2.93 bits per heavy atom. The molecule has 1 heterocycles. The lowest BCUT2D eigenvalue weighted by Gasteiger charge is -2.13. The molecule has 0 fully saturated rings. The highest BCUT2D eigenvalue weighted by atomic mass is 79.9. The van der Waals surface area contributed by atoms with Gasteiger partial charge in [0.05, 0.1) is 4.47 Å². The molecule has 1 atom stereocenters. The van der Waals surface area contributed by atoms with Gasteiger partial charge in [0, 0.05) is 6.20 Å². The lowest BCUT2D eigenvalue weighted by molar-refractivity contribution is -0.136. The van der Waals surface area contributed by atoms with Crippen molar-refractivity contribution in [2.45, 2.75) is 13.2 Å². The van der Waals surface area contributed by atoms with E-state index in [1.807, 2.05) is 0 Å². The maximum atomic E-state index is 10.8. The summed E-state index contributed by atoms with van der Waals surface area (Å²) in [4.78, 5) is 20.9. The fourth-order valence-electron chi connectivity index (χ4n) is 1.08. The van der Waals surface area contributed by atoms with Crippen molar-refractivity contribution < 1.29 is 19.4 Å². The number of nitrogens with zero attached hydrogens (tertiary/aromatic N) is 1. The SMILES string of the molecule is CC(OC=O)n1ccc(Br)c1C(=O)O. The Morgan fingerprint density at radius 1 is 1.79 bits per heavy atom. The first-order chi connectivity index (χ1) is 6.57. The van der Waals surface area contributed by atoms with Crippen molar-refractivity contribution in [1.82, 2.24) is 4.57 Å². The molecule has 0 bridgehead atoms. The molecule has 0 amide bonds. The number of hydrogen-bond acceptors (Lipinski definition) is 3. The Balaban J connectivity index is 3.08. The third-order valence-electron chi connectivity index (χ3n) is 1.71. The van der Waals surface area contributed by atoms with Crippen molar-refractivity contribution in [3.63, 3.8) is 0 Å². The average molecular weight is 262 g/mol. The largest absolute Gasteiger partial charge is 0.477 e. The van der Waals surface area contributed by atoms with E-state index in [2.05, 4.69) is 20.7 Å². The highest BCUT2D eigenvalue weighted by Gasteiger charge is 2.18. The van der Waals surface area contributed by atoms with E-state index in [0.29, 0.717) is 4.47 Å². The Hall–Kier alpha value is -1.30. The summed E-state index contributed by atoms with van der Waals surface area (Å²) >= 11 is 3.09. The summed E-state index contributed by atoms with van der Waals surface area (Å²) in [7, 11) is 0. The Labute approximate surface area is 88.4 Å². The van der Waals surface area contributed by atoms with Crippen molar-refractivity contribution in [3.8, 4) is 0 Å². The van der Waals surface area contributed by atoms with Gasteiger partial charge < -0.3 is 14.4 Å². The molecule has 1 N–H and O–H groups in total. The first-order valence-corrected chi connectivity index (χ1v) is 4.56. The number of carbonyl (C=O) groups excluding carboxylic acids is 1. The third-order valence-corrected chi connectivity index (χ3v) is 2.35. The summed E-state index contributed by atoms with van der Waals surface area (Å²) < 4.78 is 6.43. The molecule has 0 radical (unpaired) electrons. The molecule has 76 valence electrons. The second-order valence-corrected chi connectivity index (χ2v) is 3.41. The Bertz CT molecular complexity index is 360. The number of carboxylic acids is 1. The highest BCUT2D eigenvalue weighted by molar-refractivity contribution is 9.10. The molecular formula is C8H8BrNO4. The van der Waals surface area contributed by atoms with Crippen LogP contribution in [-0.2, 0) is 9.53 Å². The quantitative estimate of drug-likeness (QED) is 0.837. The molecule has 5 nitrogen and oxygen atoms in total. The Morgan fingerprint density at radius 2 is 2.43 bits per heavy atom. The van der Waals surface area contributed by atoms with Crippen LogP contribution in [0.1, 0.15) is 23.6 Å². The fourth-order valence-corrected chi connectivity index (χ4v) is 1.58. The molecule has 1 unspecified atom stereocenters. The number of aromatic nitrogens is 1. The minimum Gasteiger partial charge on any atom is -0.477 e. The monoisotopic (exact) mass is 261 g/mol. The van der Waals surface area contributed by atoms with E-state index < -0.39 is 12.2 Å². The molecule has 6 heteroatoms. The number of ether oxygens (including phenoxy) is 1. The molecule has 0 aromatic carbocycles. The van der Waals surface area contributed by atoms with Crippen molar-refractivity contribution in [2.75, 3.05) is 0 Å². The van der Waals surface area contributed by atoms with E-state index in [4.69, 9.17) is 5.11 Å². The van der Waals surface area contributed by atoms with Crippen molar-refractivity contribution in [1.29, 1.82) is 0 Å². The summed E-state index contributed by atoms with van der Waals surface area (Å²) in [5.41, 5.74) is 0.0550. The summed E-state index contributed by atoms with van der Waals surface area (Å²) in [6, 6.07) is 1.58. The molecule has 1 aromatic rings. The van der Waals surface area contributed by atoms with E-state index in [0.717, 1.165) is 0 Å². The zero-order valence-electron chi connectivity index (χ0n) is 7.31. The second kappa shape index (κ2) is 4.28. The van der Waals surface area contributed by atoms with Crippen LogP contribution in [0, 0.1) is 0 Å². The maximum absolute atomic E-state index is 10.8. The first kappa shape index (κ1) is 10.8. The summed E-state index contributed by atoms with van der Waals surface area (Å²) in [6.07, 6.45) is 0.895. The average Bonchev–Trinajstić information content (AvgIpc) is 2.47. The molecule has 0 aliphatic heterocycles. The lowest BCUT2D eigenvalue weighted by Crippen LogP contribution is -2.14. The molecule has 0 aliphatic carbocycles. The second-order valence-electron chi connectivity index (χ2n) is 2.56. The van der Waals surface area contributed by atoms with Gasteiger partial charge in [-0.15, -0.1) is 0 Å². The molecule has 1 rings (SSSR count). The van der Waals surface area contributed by atoms with E-state index in [-0.39, 0.29) is 12.2 Å². The van der Waals surface area contributed by atoms with Crippen LogP contribution >= 0.6 is 15.9 Å². The minimum atomic E-state index is -1.08. The molecule has 0 aliphatic rings. The molecule has 1 aromatic heterocycles. The summed E-state index contributed by atoms with van der Waals surface area (Å²) in [6.45, 7) is 1.86. The van der Waals surface area contributed by atoms with E-state index in [1.165, 1.54) is 10.8 Å². The van der Waals surface area contributed by atoms with Crippen LogP contribution in [0.4, 0.5) is 0 Å². The van der Waals surface area contributed by atoms with Gasteiger partial charge in [0.1, 0.15) is 5.69 Å². The molecule has 0 saturated heterocycles. The van der Waals surface area contributed by atoms with E-state index in [1.54, 1.807) is 13.0 Å². The normalized spacial score (nSPS) is 12.1. The van der Waals surface area contributed by atoms with Gasteiger partial charge >= 0.3 is 5.97 Å². The number of aromatic carboxylic acids is 1. The van der Waals surface area contributed by atoms with Gasteiger partial charge in [-0.1, -0.05) is 0 Å². The summed E-state index contributed by atoms with van der Waals surface area (Å²) in [5, 5.41) is 8.86. The molecule has 0 spiro atoms.